The van der Waals surface area contributed by atoms with Crippen molar-refractivity contribution in [2.45, 2.75) is 38.8 Å². The van der Waals surface area contributed by atoms with Gasteiger partial charge in [-0.05, 0) is 44.7 Å². The Morgan fingerprint density at radius 3 is 2.70 bits per heavy atom. The summed E-state index contributed by atoms with van der Waals surface area (Å²) in [6.45, 7) is 5.39. The molecule has 1 aliphatic heterocycles. The Hall–Kier alpha value is -1.55. The molecular weight excluding hydrogens is 252 g/mol. The largest absolute Gasteiger partial charge is 0.481 e. The first-order valence-corrected chi connectivity index (χ1v) is 7.34. The van der Waals surface area contributed by atoms with Gasteiger partial charge in [-0.3, -0.25) is 4.79 Å². The predicted octanol–water partition coefficient (Wildman–Crippen LogP) is 2.04. The van der Waals surface area contributed by atoms with Gasteiger partial charge in [-0.25, -0.2) is 0 Å². The molecule has 4 nitrogen and oxygen atoms in total. The maximum Gasteiger partial charge on any atom is 0.263 e. The van der Waals surface area contributed by atoms with E-state index in [4.69, 9.17) is 10.5 Å². The van der Waals surface area contributed by atoms with E-state index in [0.29, 0.717) is 5.92 Å². The molecular formula is C16H24N2O2. The molecule has 1 aromatic rings. The number of ether oxygens (including phenoxy) is 1. The number of benzene rings is 1. The minimum atomic E-state index is -0.454. The number of carbonyl (C=O) groups is 1. The fourth-order valence-corrected chi connectivity index (χ4v) is 2.65. The third-order valence-corrected chi connectivity index (χ3v) is 3.92. The second-order valence-electron chi connectivity index (χ2n) is 5.62. The first kappa shape index (κ1) is 14.9. The van der Waals surface area contributed by atoms with Crippen LogP contribution in [0.3, 0.4) is 0 Å². The van der Waals surface area contributed by atoms with Crippen LogP contribution in [-0.2, 0) is 4.79 Å². The van der Waals surface area contributed by atoms with Crippen LogP contribution in [0.2, 0.25) is 0 Å². The molecule has 3 unspecified atom stereocenters. The van der Waals surface area contributed by atoms with Gasteiger partial charge in [0.1, 0.15) is 5.75 Å². The van der Waals surface area contributed by atoms with Crippen molar-refractivity contribution in [1.82, 2.24) is 4.90 Å². The van der Waals surface area contributed by atoms with E-state index in [9.17, 15) is 4.79 Å². The highest BCUT2D eigenvalue weighted by atomic mass is 16.5. The van der Waals surface area contributed by atoms with E-state index < -0.39 is 6.10 Å². The van der Waals surface area contributed by atoms with Crippen LogP contribution < -0.4 is 10.5 Å². The molecule has 0 spiro atoms. The molecule has 0 aliphatic carbocycles. The summed E-state index contributed by atoms with van der Waals surface area (Å²) in [5.74, 6) is 1.19. The van der Waals surface area contributed by atoms with Gasteiger partial charge in [0.25, 0.3) is 5.91 Å². The molecule has 1 heterocycles. The first-order chi connectivity index (χ1) is 9.58. The van der Waals surface area contributed by atoms with Gasteiger partial charge < -0.3 is 15.4 Å². The van der Waals surface area contributed by atoms with Crippen molar-refractivity contribution in [3.05, 3.63) is 30.3 Å². The van der Waals surface area contributed by atoms with E-state index in [1.165, 1.54) is 0 Å². The molecule has 1 amide bonds. The Labute approximate surface area is 120 Å². The zero-order valence-corrected chi connectivity index (χ0v) is 12.3. The van der Waals surface area contributed by atoms with E-state index in [1.54, 1.807) is 0 Å². The Balaban J connectivity index is 1.93. The molecule has 1 aliphatic rings. The van der Waals surface area contributed by atoms with Crippen LogP contribution in [0.25, 0.3) is 0 Å². The van der Waals surface area contributed by atoms with Crippen LogP contribution >= 0.6 is 0 Å². The average Bonchev–Trinajstić information content (AvgIpc) is 2.47. The summed E-state index contributed by atoms with van der Waals surface area (Å²) in [6, 6.07) is 9.60. The predicted molar refractivity (Wildman–Crippen MR) is 79.5 cm³/mol. The number of likely N-dealkylation sites (tertiary alicyclic amines) is 1. The summed E-state index contributed by atoms with van der Waals surface area (Å²) in [6.07, 6.45) is 1.68. The van der Waals surface area contributed by atoms with Crippen LogP contribution in [0.5, 0.6) is 5.75 Å². The van der Waals surface area contributed by atoms with Crippen LogP contribution in [0.1, 0.15) is 26.7 Å². The molecule has 0 radical (unpaired) electrons. The minimum Gasteiger partial charge on any atom is -0.481 e. The molecule has 1 saturated heterocycles. The van der Waals surface area contributed by atoms with E-state index in [0.717, 1.165) is 31.7 Å². The molecule has 1 aromatic carbocycles. The molecule has 2 rings (SSSR count). The Kier molecular flexibility index (Phi) is 5.01. The van der Waals surface area contributed by atoms with Crippen molar-refractivity contribution < 1.29 is 9.53 Å². The van der Waals surface area contributed by atoms with Crippen molar-refractivity contribution in [1.29, 1.82) is 0 Å². The van der Waals surface area contributed by atoms with E-state index in [2.05, 4.69) is 0 Å². The Bertz CT molecular complexity index is 433. The van der Waals surface area contributed by atoms with Crippen LogP contribution in [0.4, 0.5) is 0 Å². The topological polar surface area (TPSA) is 55.6 Å². The van der Waals surface area contributed by atoms with Gasteiger partial charge in [0, 0.05) is 19.1 Å². The molecule has 0 bridgehead atoms. The van der Waals surface area contributed by atoms with E-state index in [-0.39, 0.29) is 11.9 Å². The van der Waals surface area contributed by atoms with Gasteiger partial charge in [0.2, 0.25) is 0 Å². The second-order valence-corrected chi connectivity index (χ2v) is 5.62. The number of rotatable bonds is 4. The van der Waals surface area contributed by atoms with Gasteiger partial charge in [-0.15, -0.1) is 0 Å². The second kappa shape index (κ2) is 6.75. The number of hydrogen-bond donors (Lipinski definition) is 1. The van der Waals surface area contributed by atoms with Crippen LogP contribution in [0.15, 0.2) is 30.3 Å². The standard InChI is InChI=1S/C16H24N2O2/c1-12(17)14-7-6-10-18(11-14)16(19)13(2)20-15-8-4-3-5-9-15/h3-5,8-9,12-14H,6-7,10-11,17H2,1-2H3. The van der Waals surface area contributed by atoms with Gasteiger partial charge in [-0.1, -0.05) is 18.2 Å². The molecule has 20 heavy (non-hydrogen) atoms. The summed E-state index contributed by atoms with van der Waals surface area (Å²) in [5.41, 5.74) is 5.96. The normalized spacial score (nSPS) is 22.1. The lowest BCUT2D eigenvalue weighted by atomic mass is 9.92. The zero-order chi connectivity index (χ0) is 14.5. The van der Waals surface area contributed by atoms with Gasteiger partial charge in [-0.2, -0.15) is 0 Å². The number of amides is 1. The molecule has 0 saturated carbocycles. The summed E-state index contributed by atoms with van der Waals surface area (Å²) in [5, 5.41) is 0. The number of carbonyl (C=O) groups excluding carboxylic acids is 1. The summed E-state index contributed by atoms with van der Waals surface area (Å²) in [7, 11) is 0. The molecule has 4 heteroatoms. The first-order valence-electron chi connectivity index (χ1n) is 7.34. The van der Waals surface area contributed by atoms with Crippen molar-refractivity contribution in [2.24, 2.45) is 11.7 Å². The smallest absolute Gasteiger partial charge is 0.263 e. The molecule has 3 atom stereocenters. The minimum absolute atomic E-state index is 0.0548. The van der Waals surface area contributed by atoms with Gasteiger partial charge in [0.15, 0.2) is 6.10 Å². The average molecular weight is 276 g/mol. The van der Waals surface area contributed by atoms with Crippen molar-refractivity contribution in [3.63, 3.8) is 0 Å². The van der Waals surface area contributed by atoms with Gasteiger partial charge >= 0.3 is 0 Å². The lowest BCUT2D eigenvalue weighted by Crippen LogP contribution is -2.48. The number of nitrogens with zero attached hydrogens (tertiary/aromatic N) is 1. The summed E-state index contributed by atoms with van der Waals surface area (Å²) < 4.78 is 5.70. The highest BCUT2D eigenvalue weighted by Gasteiger charge is 2.29. The lowest BCUT2D eigenvalue weighted by Gasteiger charge is -2.35. The summed E-state index contributed by atoms with van der Waals surface area (Å²) >= 11 is 0. The quantitative estimate of drug-likeness (QED) is 0.915. The number of hydrogen-bond acceptors (Lipinski definition) is 3. The van der Waals surface area contributed by atoms with Crippen molar-refractivity contribution in [2.75, 3.05) is 13.1 Å². The van der Waals surface area contributed by atoms with Crippen molar-refractivity contribution in [3.8, 4) is 5.75 Å². The van der Waals surface area contributed by atoms with E-state index in [1.807, 2.05) is 49.1 Å². The molecule has 2 N–H and O–H groups in total. The Morgan fingerprint density at radius 1 is 1.35 bits per heavy atom. The number of piperidine rings is 1. The molecule has 1 fully saturated rings. The third-order valence-electron chi connectivity index (χ3n) is 3.92. The zero-order valence-electron chi connectivity index (χ0n) is 12.3. The summed E-state index contributed by atoms with van der Waals surface area (Å²) in [4.78, 5) is 14.3. The van der Waals surface area contributed by atoms with Gasteiger partial charge in [0.05, 0.1) is 0 Å². The third kappa shape index (κ3) is 3.73. The van der Waals surface area contributed by atoms with Crippen molar-refractivity contribution >= 4 is 5.91 Å². The molecule has 0 aromatic heterocycles. The Morgan fingerprint density at radius 2 is 2.05 bits per heavy atom. The van der Waals surface area contributed by atoms with E-state index >= 15 is 0 Å². The maximum absolute atomic E-state index is 12.4. The fraction of sp³-hybridized carbons (Fsp3) is 0.562. The fourth-order valence-electron chi connectivity index (χ4n) is 2.65. The number of nitrogens with two attached hydrogens (primary N) is 1. The molecule has 110 valence electrons. The monoisotopic (exact) mass is 276 g/mol. The van der Waals surface area contributed by atoms with Crippen LogP contribution in [-0.4, -0.2) is 36.0 Å². The highest BCUT2D eigenvalue weighted by molar-refractivity contribution is 5.81. The lowest BCUT2D eigenvalue weighted by molar-refractivity contribution is -0.139. The maximum atomic E-state index is 12.4. The SMILES string of the molecule is CC(Oc1ccccc1)C(=O)N1CCCC(C(C)N)C1. The van der Waals surface area contributed by atoms with Crippen LogP contribution in [0, 0.1) is 5.92 Å². The number of para-hydroxylation sites is 1. The highest BCUT2D eigenvalue weighted by Crippen LogP contribution is 2.20.